The smallest absolute Gasteiger partial charge is 0.329 e. The van der Waals surface area contributed by atoms with Crippen molar-refractivity contribution < 1.29 is 22.8 Å². The first-order valence-corrected chi connectivity index (χ1v) is 13.2. The average Bonchev–Trinajstić information content (AvgIpc) is 3.56. The Morgan fingerprint density at radius 3 is 2.53 bits per heavy atom. The first-order chi connectivity index (χ1) is 20.2. The molecule has 3 aromatic heterocycles. The Hall–Kier alpha value is -4.89. The fourth-order valence-electron chi connectivity index (χ4n) is 4.86. The van der Waals surface area contributed by atoms with E-state index < -0.39 is 41.7 Å². The topological polar surface area (TPSA) is 149 Å². The Morgan fingerprint density at radius 1 is 1.16 bits per heavy atom. The van der Waals surface area contributed by atoms with Crippen LogP contribution < -0.4 is 16.6 Å². The van der Waals surface area contributed by atoms with Gasteiger partial charge in [0.15, 0.2) is 11.2 Å². The van der Waals surface area contributed by atoms with Crippen LogP contribution in [0.1, 0.15) is 38.2 Å². The number of likely N-dealkylation sites (tertiary alicyclic amines) is 1. The van der Waals surface area contributed by atoms with Crippen molar-refractivity contribution in [2.45, 2.75) is 58.9 Å². The van der Waals surface area contributed by atoms with Crippen LogP contribution in [0.25, 0.3) is 16.7 Å². The highest BCUT2D eigenvalue weighted by Gasteiger charge is 2.47. The summed E-state index contributed by atoms with van der Waals surface area (Å²) in [6.07, 6.45) is -2.78. The van der Waals surface area contributed by atoms with Crippen LogP contribution in [0.3, 0.4) is 0 Å². The lowest BCUT2D eigenvalue weighted by Crippen LogP contribution is -2.43. The fraction of sp³-hybridized carbons (Fsp3) is 0.407. The number of guanidine groups is 1. The number of amides is 1. The van der Waals surface area contributed by atoms with E-state index in [1.54, 1.807) is 26.0 Å². The number of hydrogen-bond donors (Lipinski definition) is 1. The molecule has 0 aromatic carbocycles. The lowest BCUT2D eigenvalue weighted by atomic mass is 10.2. The molecule has 3 aromatic rings. The molecule has 16 heteroatoms. The summed E-state index contributed by atoms with van der Waals surface area (Å²) in [4.78, 5) is 67.9. The SMILES string of the molecule is C=NC(=N/C=C(\C)c1cccc(NC(=O)Cn2c(C)nc3c2c(=O)n(CC(C)=O)c(=O)n3C)n1)N1CCC[C@H]1C(F)(F)F. The van der Waals surface area contributed by atoms with E-state index in [1.165, 1.54) is 30.8 Å². The number of aryl methyl sites for hydroxylation is 2. The van der Waals surface area contributed by atoms with Crippen molar-refractivity contribution in [3.63, 3.8) is 0 Å². The normalized spacial score (nSPS) is 16.2. The molecule has 4 rings (SSSR count). The molecule has 1 aliphatic heterocycles. The number of nitrogens with zero attached hydrogens (tertiary/aromatic N) is 8. The molecule has 0 unspecified atom stereocenters. The van der Waals surface area contributed by atoms with Gasteiger partial charge in [0.1, 0.15) is 30.0 Å². The number of Topliss-reactive ketones (excluding diaryl/α,β-unsaturated/α-hetero) is 1. The quantitative estimate of drug-likeness (QED) is 0.323. The number of halogens is 3. The van der Waals surface area contributed by atoms with Crippen LogP contribution in [-0.2, 0) is 29.7 Å². The second-order valence-corrected chi connectivity index (χ2v) is 10.1. The van der Waals surface area contributed by atoms with Crippen LogP contribution in [0.4, 0.5) is 19.0 Å². The molecule has 1 N–H and O–H groups in total. The average molecular weight is 602 g/mol. The van der Waals surface area contributed by atoms with E-state index in [4.69, 9.17) is 0 Å². The Labute approximate surface area is 243 Å². The lowest BCUT2D eigenvalue weighted by Gasteiger charge is -2.26. The van der Waals surface area contributed by atoms with Crippen LogP contribution in [0.2, 0.25) is 0 Å². The van der Waals surface area contributed by atoms with E-state index in [1.807, 2.05) is 0 Å². The molecule has 0 bridgehead atoms. The largest absolute Gasteiger partial charge is 0.408 e. The van der Waals surface area contributed by atoms with Gasteiger partial charge in [0.25, 0.3) is 5.56 Å². The minimum atomic E-state index is -4.42. The van der Waals surface area contributed by atoms with Crippen molar-refractivity contribution in [2.75, 3.05) is 11.9 Å². The number of carbonyl (C=O) groups is 2. The second kappa shape index (κ2) is 12.1. The van der Waals surface area contributed by atoms with Crippen molar-refractivity contribution in [3.8, 4) is 0 Å². The number of aliphatic imine (C=N–C) groups is 2. The standard InChI is InChI=1S/C27H30F3N9O4/c1-15(12-32-25(31-4)37-11-7-9-19(37)27(28,29)30)18-8-6-10-20(34-18)35-21(41)14-38-17(3)33-23-22(38)24(42)39(13-16(2)40)26(43)36(23)5/h6,8,10,12,19H,4,7,9,11,13-14H2,1-3,5H3,(H,34,35,41)/b15-12+,32-25?/t19-/m0/s1. The van der Waals surface area contributed by atoms with Crippen LogP contribution >= 0.6 is 0 Å². The molecule has 1 saturated heterocycles. The number of carbonyl (C=O) groups excluding carboxylic acids is 2. The molecule has 0 aliphatic carbocycles. The van der Waals surface area contributed by atoms with Crippen LogP contribution in [0, 0.1) is 6.92 Å². The van der Waals surface area contributed by atoms with E-state index in [0.717, 1.165) is 14.0 Å². The molecular weight excluding hydrogens is 571 g/mol. The number of aromatic nitrogens is 5. The molecule has 13 nitrogen and oxygen atoms in total. The number of ketones is 1. The summed E-state index contributed by atoms with van der Waals surface area (Å²) in [5.74, 6) is -0.622. The van der Waals surface area contributed by atoms with Crippen molar-refractivity contribution in [1.29, 1.82) is 0 Å². The lowest BCUT2D eigenvalue weighted by molar-refractivity contribution is -0.167. The van der Waals surface area contributed by atoms with Gasteiger partial charge < -0.3 is 14.8 Å². The summed E-state index contributed by atoms with van der Waals surface area (Å²) >= 11 is 0. The molecule has 1 fully saturated rings. The molecule has 0 radical (unpaired) electrons. The Kier molecular flexibility index (Phi) is 8.77. The monoisotopic (exact) mass is 601 g/mol. The first-order valence-electron chi connectivity index (χ1n) is 13.2. The molecule has 1 atom stereocenters. The molecule has 43 heavy (non-hydrogen) atoms. The zero-order chi connectivity index (χ0) is 31.6. The Morgan fingerprint density at radius 2 is 1.88 bits per heavy atom. The van der Waals surface area contributed by atoms with Gasteiger partial charge in [-0.15, -0.1) is 0 Å². The second-order valence-electron chi connectivity index (χ2n) is 10.1. The summed E-state index contributed by atoms with van der Waals surface area (Å²) in [5.41, 5.74) is -0.496. The maximum absolute atomic E-state index is 13.4. The molecule has 228 valence electrons. The van der Waals surface area contributed by atoms with Gasteiger partial charge in [-0.25, -0.2) is 24.7 Å². The minimum absolute atomic E-state index is 0.00764. The Bertz CT molecular complexity index is 1780. The number of fused-ring (bicyclic) bond motifs is 1. The fourth-order valence-corrected chi connectivity index (χ4v) is 4.86. The number of imidazole rings is 1. The molecule has 0 spiro atoms. The number of rotatable bonds is 7. The molecule has 0 saturated carbocycles. The van der Waals surface area contributed by atoms with E-state index in [0.29, 0.717) is 23.5 Å². The predicted octanol–water partition coefficient (Wildman–Crippen LogP) is 2.27. The maximum Gasteiger partial charge on any atom is 0.408 e. The van der Waals surface area contributed by atoms with Crippen molar-refractivity contribution in [2.24, 2.45) is 17.0 Å². The van der Waals surface area contributed by atoms with Crippen LogP contribution in [-0.4, -0.2) is 71.7 Å². The summed E-state index contributed by atoms with van der Waals surface area (Å²) in [7, 11) is 1.42. The summed E-state index contributed by atoms with van der Waals surface area (Å²) < 4.78 is 43.5. The van der Waals surface area contributed by atoms with E-state index in [-0.39, 0.29) is 42.5 Å². The number of allylic oxidation sites excluding steroid dienone is 1. The number of alkyl halides is 3. The van der Waals surface area contributed by atoms with E-state index in [2.05, 4.69) is 32.0 Å². The Balaban J connectivity index is 1.56. The highest BCUT2D eigenvalue weighted by molar-refractivity contribution is 5.91. The summed E-state index contributed by atoms with van der Waals surface area (Å²) in [6, 6.07) is 3.12. The van der Waals surface area contributed by atoms with Crippen molar-refractivity contribution in [3.05, 3.63) is 56.8 Å². The molecular formula is C27H30F3N9O4. The van der Waals surface area contributed by atoms with E-state index in [9.17, 15) is 32.3 Å². The van der Waals surface area contributed by atoms with E-state index >= 15 is 0 Å². The van der Waals surface area contributed by atoms with Gasteiger partial charge in [0.05, 0.1) is 12.2 Å². The predicted molar refractivity (Wildman–Crippen MR) is 154 cm³/mol. The third kappa shape index (κ3) is 6.47. The van der Waals surface area contributed by atoms with Gasteiger partial charge in [0, 0.05) is 19.8 Å². The molecule has 1 amide bonds. The van der Waals surface area contributed by atoms with Gasteiger partial charge in [-0.3, -0.25) is 23.5 Å². The number of hydrogen-bond acceptors (Lipinski definition) is 7. The highest BCUT2D eigenvalue weighted by atomic mass is 19.4. The highest BCUT2D eigenvalue weighted by Crippen LogP contribution is 2.33. The van der Waals surface area contributed by atoms with Gasteiger partial charge in [-0.05, 0) is 58.0 Å². The van der Waals surface area contributed by atoms with Gasteiger partial charge in [-0.1, -0.05) is 6.07 Å². The number of anilines is 1. The van der Waals surface area contributed by atoms with Crippen molar-refractivity contribution in [1.82, 2.24) is 28.6 Å². The van der Waals surface area contributed by atoms with Gasteiger partial charge >= 0.3 is 11.9 Å². The maximum atomic E-state index is 13.4. The molecule has 1 aliphatic rings. The van der Waals surface area contributed by atoms with Crippen LogP contribution in [0.15, 0.2) is 44.0 Å². The van der Waals surface area contributed by atoms with Gasteiger partial charge in [0.2, 0.25) is 11.9 Å². The minimum Gasteiger partial charge on any atom is -0.329 e. The third-order valence-electron chi connectivity index (χ3n) is 6.93. The first kappa shape index (κ1) is 31.1. The third-order valence-corrected chi connectivity index (χ3v) is 6.93. The zero-order valence-electron chi connectivity index (χ0n) is 24.0. The van der Waals surface area contributed by atoms with Crippen LogP contribution in [0.5, 0.6) is 0 Å². The summed E-state index contributed by atoms with van der Waals surface area (Å²) in [5, 5.41) is 2.65. The molecule has 4 heterocycles. The van der Waals surface area contributed by atoms with Gasteiger partial charge in [-0.2, -0.15) is 13.2 Å². The number of nitrogens with one attached hydrogen (secondary N) is 1. The zero-order valence-corrected chi connectivity index (χ0v) is 24.0. The summed E-state index contributed by atoms with van der Waals surface area (Å²) in [6.45, 7) is 7.24. The van der Waals surface area contributed by atoms with Crippen molar-refractivity contribution >= 4 is 46.9 Å². The number of pyridine rings is 1.